The van der Waals surface area contributed by atoms with Crippen LogP contribution in [-0.2, 0) is 7.05 Å². The molecule has 1 aliphatic rings. The second kappa shape index (κ2) is 5.07. The van der Waals surface area contributed by atoms with Crippen LogP contribution in [0.2, 0.25) is 0 Å². The van der Waals surface area contributed by atoms with Crippen LogP contribution in [-0.4, -0.2) is 46.8 Å². The number of hydrogen-bond donors (Lipinski definition) is 1. The summed E-state index contributed by atoms with van der Waals surface area (Å²) in [6.45, 7) is 3.98. The average molecular weight is 288 g/mol. The van der Waals surface area contributed by atoms with E-state index in [1.165, 1.54) is 0 Å². The Morgan fingerprint density at radius 2 is 2.10 bits per heavy atom. The first-order chi connectivity index (χ1) is 9.95. The fourth-order valence-corrected chi connectivity index (χ4v) is 3.16. The Balaban J connectivity index is 1.97. The monoisotopic (exact) mass is 288 g/mol. The maximum Gasteiger partial charge on any atom is 0.352 e. The molecular weight excluding hydrogens is 268 g/mol. The van der Waals surface area contributed by atoms with Gasteiger partial charge < -0.3 is 19.3 Å². The van der Waals surface area contributed by atoms with Crippen LogP contribution in [0.25, 0.3) is 10.9 Å². The molecule has 0 bridgehead atoms. The first kappa shape index (κ1) is 13.9. The van der Waals surface area contributed by atoms with E-state index in [4.69, 9.17) is 4.74 Å². The zero-order chi connectivity index (χ0) is 15.1. The number of rotatable bonds is 3. The number of likely N-dealkylation sites (N-methyl/N-ethyl adjacent to an activating group) is 1. The smallest absolute Gasteiger partial charge is 0.352 e. The van der Waals surface area contributed by atoms with Gasteiger partial charge in [-0.3, -0.25) is 0 Å². The number of aromatic nitrogens is 1. The molecule has 5 nitrogen and oxygen atoms in total. The molecule has 0 spiro atoms. The number of carboxylic acid groups (broad SMARTS) is 1. The molecule has 1 unspecified atom stereocenters. The Kier molecular flexibility index (Phi) is 3.37. The first-order valence-electron chi connectivity index (χ1n) is 7.14. The lowest BCUT2D eigenvalue weighted by Gasteiger charge is -2.15. The van der Waals surface area contributed by atoms with Crippen molar-refractivity contribution < 1.29 is 14.6 Å². The minimum absolute atomic E-state index is 0.217. The summed E-state index contributed by atoms with van der Waals surface area (Å²) < 4.78 is 7.77. The Hall–Kier alpha value is -2.01. The molecule has 0 aliphatic carbocycles. The van der Waals surface area contributed by atoms with Crippen molar-refractivity contribution in [3.05, 3.63) is 29.5 Å². The Morgan fingerprint density at radius 3 is 2.71 bits per heavy atom. The van der Waals surface area contributed by atoms with Crippen molar-refractivity contribution in [2.45, 2.75) is 19.4 Å². The molecule has 1 atom stereocenters. The van der Waals surface area contributed by atoms with E-state index in [1.54, 1.807) is 17.7 Å². The predicted molar refractivity (Wildman–Crippen MR) is 81.1 cm³/mol. The lowest BCUT2D eigenvalue weighted by Crippen LogP contribution is -2.21. The zero-order valence-electron chi connectivity index (χ0n) is 12.6. The summed E-state index contributed by atoms with van der Waals surface area (Å²) >= 11 is 0. The summed E-state index contributed by atoms with van der Waals surface area (Å²) in [5.41, 5.74) is 2.28. The van der Waals surface area contributed by atoms with E-state index >= 15 is 0 Å². The van der Waals surface area contributed by atoms with Gasteiger partial charge in [0.05, 0.1) is 5.52 Å². The second-order valence-corrected chi connectivity index (χ2v) is 5.86. The van der Waals surface area contributed by atoms with Crippen LogP contribution >= 0.6 is 0 Å². The van der Waals surface area contributed by atoms with Crippen molar-refractivity contribution in [2.75, 3.05) is 20.1 Å². The fraction of sp³-hybridized carbons (Fsp3) is 0.438. The molecule has 3 rings (SSSR count). The van der Waals surface area contributed by atoms with Crippen LogP contribution in [0, 0.1) is 6.92 Å². The number of carboxylic acids is 1. The van der Waals surface area contributed by atoms with Gasteiger partial charge in [0.1, 0.15) is 17.5 Å². The number of fused-ring (bicyclic) bond motifs is 1. The van der Waals surface area contributed by atoms with Gasteiger partial charge in [0.2, 0.25) is 0 Å². The largest absolute Gasteiger partial charge is 0.489 e. The van der Waals surface area contributed by atoms with Crippen LogP contribution in [0.5, 0.6) is 5.75 Å². The number of hydrogen-bond acceptors (Lipinski definition) is 3. The third kappa shape index (κ3) is 2.49. The number of nitrogens with zero attached hydrogens (tertiary/aromatic N) is 2. The minimum Gasteiger partial charge on any atom is -0.489 e. The average Bonchev–Trinajstić information content (AvgIpc) is 2.94. The van der Waals surface area contributed by atoms with Crippen LogP contribution in [0.15, 0.2) is 18.2 Å². The van der Waals surface area contributed by atoms with Crippen LogP contribution in [0.1, 0.15) is 22.5 Å². The number of benzene rings is 1. The molecule has 1 fully saturated rings. The maximum atomic E-state index is 11.2. The molecule has 2 heterocycles. The van der Waals surface area contributed by atoms with E-state index in [0.717, 1.165) is 41.7 Å². The molecule has 1 aliphatic heterocycles. The van der Waals surface area contributed by atoms with Crippen molar-refractivity contribution in [2.24, 2.45) is 7.05 Å². The lowest BCUT2D eigenvalue weighted by molar-refractivity contribution is 0.0687. The normalized spacial score (nSPS) is 19.3. The zero-order valence-corrected chi connectivity index (χ0v) is 12.6. The summed E-state index contributed by atoms with van der Waals surface area (Å²) in [5, 5.41) is 10.1. The molecule has 1 aromatic heterocycles. The summed E-state index contributed by atoms with van der Waals surface area (Å²) in [7, 11) is 3.87. The topological polar surface area (TPSA) is 54.7 Å². The Bertz CT molecular complexity index is 705. The highest BCUT2D eigenvalue weighted by atomic mass is 16.5. The molecule has 0 amide bonds. The number of aryl methyl sites for hydroxylation is 2. The standard InChI is InChI=1S/C16H20N2O3/c1-10-6-13(21-12-4-5-17(2)9-12)7-11-8-14(16(19)20)18(3)15(10)11/h6-8,12H,4-5,9H2,1-3H3,(H,19,20). The van der Waals surface area contributed by atoms with E-state index in [9.17, 15) is 9.90 Å². The van der Waals surface area contributed by atoms with Gasteiger partial charge >= 0.3 is 5.97 Å². The fourth-order valence-electron chi connectivity index (χ4n) is 3.16. The molecule has 0 saturated carbocycles. The van der Waals surface area contributed by atoms with E-state index in [0.29, 0.717) is 5.69 Å². The first-order valence-corrected chi connectivity index (χ1v) is 7.14. The van der Waals surface area contributed by atoms with E-state index in [-0.39, 0.29) is 6.10 Å². The molecule has 1 aromatic carbocycles. The molecule has 0 radical (unpaired) electrons. The highest BCUT2D eigenvalue weighted by Gasteiger charge is 2.22. The van der Waals surface area contributed by atoms with Crippen LogP contribution < -0.4 is 4.74 Å². The molecule has 1 N–H and O–H groups in total. The number of carbonyl (C=O) groups is 1. The van der Waals surface area contributed by atoms with Gasteiger partial charge in [-0.1, -0.05) is 0 Å². The van der Waals surface area contributed by atoms with Gasteiger partial charge in [0.15, 0.2) is 0 Å². The number of aromatic carboxylic acids is 1. The number of ether oxygens (including phenoxy) is 1. The van der Waals surface area contributed by atoms with Crippen LogP contribution in [0.4, 0.5) is 0 Å². The molecule has 5 heteroatoms. The van der Waals surface area contributed by atoms with Crippen molar-refractivity contribution in [3.8, 4) is 5.75 Å². The van der Waals surface area contributed by atoms with Gasteiger partial charge in [-0.05, 0) is 44.2 Å². The maximum absolute atomic E-state index is 11.2. The molecule has 112 valence electrons. The lowest BCUT2D eigenvalue weighted by atomic mass is 10.1. The van der Waals surface area contributed by atoms with Crippen LogP contribution in [0.3, 0.4) is 0 Å². The second-order valence-electron chi connectivity index (χ2n) is 5.86. The highest BCUT2D eigenvalue weighted by molar-refractivity contribution is 5.96. The minimum atomic E-state index is -0.909. The summed E-state index contributed by atoms with van der Waals surface area (Å²) in [4.78, 5) is 13.5. The quantitative estimate of drug-likeness (QED) is 0.941. The number of likely N-dealkylation sites (tertiary alicyclic amines) is 1. The van der Waals surface area contributed by atoms with Gasteiger partial charge in [-0.25, -0.2) is 4.79 Å². The van der Waals surface area contributed by atoms with E-state index in [1.807, 2.05) is 19.1 Å². The summed E-state index contributed by atoms with van der Waals surface area (Å²) in [6, 6.07) is 5.64. The Labute approximate surface area is 123 Å². The van der Waals surface area contributed by atoms with Crippen molar-refractivity contribution in [1.29, 1.82) is 0 Å². The summed E-state index contributed by atoms with van der Waals surface area (Å²) in [6.07, 6.45) is 1.25. The van der Waals surface area contributed by atoms with Gasteiger partial charge in [-0.2, -0.15) is 0 Å². The molecule has 2 aromatic rings. The predicted octanol–water partition coefficient (Wildman–Crippen LogP) is 2.27. The van der Waals surface area contributed by atoms with Crippen molar-refractivity contribution in [1.82, 2.24) is 9.47 Å². The Morgan fingerprint density at radius 1 is 1.33 bits per heavy atom. The third-order valence-electron chi connectivity index (χ3n) is 4.16. The van der Waals surface area contributed by atoms with Crippen molar-refractivity contribution in [3.63, 3.8) is 0 Å². The molecule has 1 saturated heterocycles. The molecular formula is C16H20N2O3. The van der Waals surface area contributed by atoms with E-state index < -0.39 is 5.97 Å². The van der Waals surface area contributed by atoms with Crippen molar-refractivity contribution >= 4 is 16.9 Å². The highest BCUT2D eigenvalue weighted by Crippen LogP contribution is 2.29. The molecule has 21 heavy (non-hydrogen) atoms. The SMILES string of the molecule is Cc1cc(OC2CCN(C)C2)cc2cc(C(=O)O)n(C)c12. The van der Waals surface area contributed by atoms with Gasteiger partial charge in [-0.15, -0.1) is 0 Å². The third-order valence-corrected chi connectivity index (χ3v) is 4.16. The summed E-state index contributed by atoms with van der Waals surface area (Å²) in [5.74, 6) is -0.0872. The van der Waals surface area contributed by atoms with E-state index in [2.05, 4.69) is 11.9 Å². The van der Waals surface area contributed by atoms with Gasteiger partial charge in [0, 0.05) is 25.5 Å². The van der Waals surface area contributed by atoms with Gasteiger partial charge in [0.25, 0.3) is 0 Å².